The lowest BCUT2D eigenvalue weighted by molar-refractivity contribution is -0.386. The quantitative estimate of drug-likeness (QED) is 0.335. The number of anilines is 2. The molecule has 0 aromatic heterocycles. The van der Waals surface area contributed by atoms with Crippen LogP contribution in [0.25, 0.3) is 0 Å². The summed E-state index contributed by atoms with van der Waals surface area (Å²) in [7, 11) is 0. The summed E-state index contributed by atoms with van der Waals surface area (Å²) in [6.45, 7) is 12.8. The highest BCUT2D eigenvalue weighted by molar-refractivity contribution is 5.63. The molecule has 0 bridgehead atoms. The summed E-state index contributed by atoms with van der Waals surface area (Å²) in [5.74, 6) is -0.447. The third-order valence-corrected chi connectivity index (χ3v) is 5.84. The van der Waals surface area contributed by atoms with Gasteiger partial charge in [0.15, 0.2) is 0 Å². The van der Waals surface area contributed by atoms with Crippen molar-refractivity contribution in [1.82, 2.24) is 0 Å². The normalized spacial score (nSPS) is 10.9. The van der Waals surface area contributed by atoms with Crippen molar-refractivity contribution in [2.45, 2.75) is 47.0 Å². The average Bonchev–Trinajstić information content (AvgIpc) is 2.77. The highest BCUT2D eigenvalue weighted by Gasteiger charge is 2.29. The molecule has 0 aliphatic heterocycles. The summed E-state index contributed by atoms with van der Waals surface area (Å²) in [4.78, 5) is 27.1. The van der Waals surface area contributed by atoms with Crippen molar-refractivity contribution in [2.24, 2.45) is 0 Å². The van der Waals surface area contributed by atoms with Gasteiger partial charge in [0.05, 0.1) is 9.85 Å². The summed E-state index contributed by atoms with van der Waals surface area (Å²) >= 11 is 0. The molecule has 8 heteroatoms. The van der Waals surface area contributed by atoms with Gasteiger partial charge < -0.3 is 9.80 Å². The number of rotatable bonds is 11. The molecule has 31 heavy (non-hydrogen) atoms. The van der Waals surface area contributed by atoms with E-state index in [1.54, 1.807) is 24.3 Å². The van der Waals surface area contributed by atoms with Crippen LogP contribution in [0.15, 0.2) is 36.4 Å². The number of nitro groups is 2. The van der Waals surface area contributed by atoms with Crippen molar-refractivity contribution in [3.05, 3.63) is 67.8 Å². The Kier molecular flexibility index (Phi) is 8.36. The van der Waals surface area contributed by atoms with Gasteiger partial charge in [-0.25, -0.2) is 0 Å². The summed E-state index contributed by atoms with van der Waals surface area (Å²) in [6.07, 6.45) is 0.511. The van der Waals surface area contributed by atoms with E-state index in [1.165, 1.54) is 0 Å². The molecule has 0 saturated carbocycles. The predicted molar refractivity (Wildman–Crippen MR) is 125 cm³/mol. The standard InChI is InChI=1S/C23H32N4O4/c1-6-19(20-13-11-17(24(7-2)8-3)15-22(20)26(28)29)21-14-12-18(25(9-4)10-5)16-23(21)27(30)31/h11-16,19H,6-10H2,1-5H3. The average molecular weight is 429 g/mol. The first-order chi connectivity index (χ1) is 14.8. The van der Waals surface area contributed by atoms with Crippen LogP contribution in [0.3, 0.4) is 0 Å². The molecule has 0 spiro atoms. The third-order valence-electron chi connectivity index (χ3n) is 5.84. The van der Waals surface area contributed by atoms with E-state index in [1.807, 2.05) is 56.6 Å². The summed E-state index contributed by atoms with van der Waals surface area (Å²) < 4.78 is 0. The van der Waals surface area contributed by atoms with Crippen molar-refractivity contribution >= 4 is 22.7 Å². The van der Waals surface area contributed by atoms with Gasteiger partial charge in [-0.2, -0.15) is 0 Å². The van der Waals surface area contributed by atoms with Gasteiger partial charge in [-0.3, -0.25) is 20.2 Å². The molecular formula is C23H32N4O4. The van der Waals surface area contributed by atoms with Gasteiger partial charge in [0.1, 0.15) is 0 Å². The van der Waals surface area contributed by atoms with Gasteiger partial charge in [0, 0.05) is 66.7 Å². The van der Waals surface area contributed by atoms with Crippen molar-refractivity contribution in [3.8, 4) is 0 Å². The number of hydrogen-bond donors (Lipinski definition) is 0. The summed E-state index contributed by atoms with van der Waals surface area (Å²) in [5, 5.41) is 23.8. The summed E-state index contributed by atoms with van der Waals surface area (Å²) in [6, 6.07) is 10.4. The second-order valence-corrected chi connectivity index (χ2v) is 7.31. The molecular weight excluding hydrogens is 396 g/mol. The van der Waals surface area contributed by atoms with E-state index >= 15 is 0 Å². The van der Waals surface area contributed by atoms with Gasteiger partial charge in [0.2, 0.25) is 0 Å². The Balaban J connectivity index is 2.64. The van der Waals surface area contributed by atoms with Crippen molar-refractivity contribution < 1.29 is 9.85 Å². The molecule has 0 heterocycles. The molecule has 0 N–H and O–H groups in total. The molecule has 0 amide bonds. The van der Waals surface area contributed by atoms with E-state index < -0.39 is 5.92 Å². The lowest BCUT2D eigenvalue weighted by atomic mass is 9.86. The Bertz CT molecular complexity index is 850. The Morgan fingerprint density at radius 1 is 0.710 bits per heavy atom. The van der Waals surface area contributed by atoms with Crippen LogP contribution in [0.1, 0.15) is 58.1 Å². The fourth-order valence-corrected chi connectivity index (χ4v) is 4.15. The fraction of sp³-hybridized carbons (Fsp3) is 0.478. The van der Waals surface area contributed by atoms with Crippen molar-refractivity contribution in [2.75, 3.05) is 36.0 Å². The molecule has 0 fully saturated rings. The highest BCUT2D eigenvalue weighted by atomic mass is 16.6. The second-order valence-electron chi connectivity index (χ2n) is 7.31. The van der Waals surface area contributed by atoms with Crippen LogP contribution in [0, 0.1) is 20.2 Å². The first-order valence-electron chi connectivity index (χ1n) is 10.9. The maximum atomic E-state index is 11.9. The molecule has 0 unspecified atom stereocenters. The highest BCUT2D eigenvalue weighted by Crippen LogP contribution is 2.41. The number of nitro benzene ring substituents is 2. The Labute approximate surface area is 183 Å². The minimum Gasteiger partial charge on any atom is -0.372 e. The molecule has 0 aliphatic carbocycles. The van der Waals surface area contributed by atoms with Crippen LogP contribution in [0.4, 0.5) is 22.7 Å². The van der Waals surface area contributed by atoms with Gasteiger partial charge >= 0.3 is 0 Å². The van der Waals surface area contributed by atoms with E-state index in [-0.39, 0.29) is 21.2 Å². The van der Waals surface area contributed by atoms with Crippen LogP contribution >= 0.6 is 0 Å². The SMILES string of the molecule is CCC(c1ccc(N(CC)CC)cc1[N+](=O)[O-])c1ccc(N(CC)CC)cc1[N+](=O)[O-]. The van der Waals surface area contributed by atoms with E-state index in [9.17, 15) is 20.2 Å². The molecule has 2 aromatic carbocycles. The zero-order valence-electron chi connectivity index (χ0n) is 19.0. The fourth-order valence-electron chi connectivity index (χ4n) is 4.15. The van der Waals surface area contributed by atoms with Crippen LogP contribution in [0.2, 0.25) is 0 Å². The predicted octanol–water partition coefficient (Wildman–Crippen LogP) is 5.74. The second kappa shape index (κ2) is 10.7. The zero-order chi connectivity index (χ0) is 23.1. The Morgan fingerprint density at radius 3 is 1.32 bits per heavy atom. The maximum Gasteiger partial charge on any atom is 0.275 e. The Hall–Kier alpha value is -3.16. The summed E-state index contributed by atoms with van der Waals surface area (Å²) in [5.41, 5.74) is 2.56. The molecule has 0 radical (unpaired) electrons. The van der Waals surface area contributed by atoms with Crippen molar-refractivity contribution in [1.29, 1.82) is 0 Å². The molecule has 8 nitrogen and oxygen atoms in total. The van der Waals surface area contributed by atoms with Gasteiger partial charge in [0.25, 0.3) is 11.4 Å². The lowest BCUT2D eigenvalue weighted by Gasteiger charge is -2.24. The first kappa shape index (κ1) is 24.1. The van der Waals surface area contributed by atoms with E-state index in [0.29, 0.717) is 17.5 Å². The zero-order valence-corrected chi connectivity index (χ0v) is 19.0. The number of hydrogen-bond acceptors (Lipinski definition) is 6. The third kappa shape index (κ3) is 5.13. The first-order valence-corrected chi connectivity index (χ1v) is 10.9. The Morgan fingerprint density at radius 2 is 1.06 bits per heavy atom. The minimum absolute atomic E-state index is 0.00151. The maximum absolute atomic E-state index is 11.9. The molecule has 2 aromatic rings. The van der Waals surface area contributed by atoms with Crippen LogP contribution in [0.5, 0.6) is 0 Å². The van der Waals surface area contributed by atoms with Gasteiger partial charge in [-0.05, 0) is 58.4 Å². The smallest absolute Gasteiger partial charge is 0.275 e. The van der Waals surface area contributed by atoms with E-state index in [4.69, 9.17) is 0 Å². The number of nitrogens with zero attached hydrogens (tertiary/aromatic N) is 4. The molecule has 0 atom stereocenters. The molecule has 2 rings (SSSR count). The molecule has 168 valence electrons. The van der Waals surface area contributed by atoms with Crippen LogP contribution < -0.4 is 9.80 Å². The number of benzene rings is 2. The minimum atomic E-state index is -0.447. The molecule has 0 aliphatic rings. The van der Waals surface area contributed by atoms with Crippen LogP contribution in [-0.2, 0) is 0 Å². The molecule has 0 saturated heterocycles. The largest absolute Gasteiger partial charge is 0.372 e. The van der Waals surface area contributed by atoms with Crippen LogP contribution in [-0.4, -0.2) is 36.0 Å². The topological polar surface area (TPSA) is 92.8 Å². The van der Waals surface area contributed by atoms with Gasteiger partial charge in [-0.1, -0.05) is 6.92 Å². The van der Waals surface area contributed by atoms with E-state index in [2.05, 4.69) is 0 Å². The monoisotopic (exact) mass is 428 g/mol. The van der Waals surface area contributed by atoms with Gasteiger partial charge in [-0.15, -0.1) is 0 Å². The van der Waals surface area contributed by atoms with Crippen molar-refractivity contribution in [3.63, 3.8) is 0 Å². The lowest BCUT2D eigenvalue weighted by Crippen LogP contribution is -2.22. The van der Waals surface area contributed by atoms with E-state index in [0.717, 1.165) is 37.6 Å².